The number of rotatable bonds is 11. The Morgan fingerprint density at radius 1 is 0.930 bits per heavy atom. The van der Waals surface area contributed by atoms with Crippen LogP contribution < -0.4 is 14.9 Å². The number of aliphatic imine (C=N–C) groups is 1. The Morgan fingerprint density at radius 3 is 2.26 bits per heavy atom. The van der Waals surface area contributed by atoms with Crippen LogP contribution >= 0.6 is 0 Å². The van der Waals surface area contributed by atoms with E-state index < -0.39 is 10.0 Å². The Morgan fingerprint density at radius 2 is 1.60 bits per heavy atom. The Hall–Kier alpha value is -4.93. The third kappa shape index (κ3) is 6.77. The number of carbonyl (C=O) groups is 1. The molecule has 43 heavy (non-hydrogen) atoms. The normalized spacial score (nSPS) is 11.9. The molecule has 0 radical (unpaired) electrons. The van der Waals surface area contributed by atoms with Crippen molar-refractivity contribution in [2.24, 2.45) is 4.99 Å². The van der Waals surface area contributed by atoms with Gasteiger partial charge in [0, 0.05) is 41.3 Å². The quantitative estimate of drug-likeness (QED) is 0.113. The number of sulfonamides is 1. The first-order chi connectivity index (χ1) is 20.8. The van der Waals surface area contributed by atoms with Crippen molar-refractivity contribution in [1.29, 1.82) is 0 Å². The van der Waals surface area contributed by atoms with Crippen LogP contribution in [0.3, 0.4) is 0 Å². The van der Waals surface area contributed by atoms with Gasteiger partial charge >= 0.3 is 0 Å². The van der Waals surface area contributed by atoms with E-state index in [0.717, 1.165) is 24.2 Å². The Bertz CT molecular complexity index is 1850. The summed E-state index contributed by atoms with van der Waals surface area (Å²) in [5.41, 5.74) is 3.93. The van der Waals surface area contributed by atoms with Crippen molar-refractivity contribution < 1.29 is 18.3 Å². The van der Waals surface area contributed by atoms with Crippen LogP contribution in [0.5, 0.6) is 5.88 Å². The van der Waals surface area contributed by atoms with E-state index in [4.69, 9.17) is 4.99 Å². The van der Waals surface area contributed by atoms with E-state index in [9.17, 15) is 18.3 Å². The van der Waals surface area contributed by atoms with Gasteiger partial charge in [0.05, 0.1) is 21.9 Å². The SMILES string of the molecule is CNCCCN(C(C)=O)c1ccc(N=C(c2ccccc2)c2c(O)[nH]c3ccc(S(=O)(=O)Nc4ccccc4)cc23)cc1. The summed E-state index contributed by atoms with van der Waals surface area (Å²) in [5, 5.41) is 14.7. The number of aromatic amines is 1. The number of carbonyl (C=O) groups excluding carboxylic acids is 1. The predicted octanol–water partition coefficient (Wildman–Crippen LogP) is 5.81. The van der Waals surface area contributed by atoms with Crippen LogP contribution in [0.25, 0.3) is 10.9 Å². The lowest BCUT2D eigenvalue weighted by molar-refractivity contribution is -0.116. The van der Waals surface area contributed by atoms with Crippen molar-refractivity contribution in [3.05, 3.63) is 114 Å². The molecule has 0 aliphatic carbocycles. The lowest BCUT2D eigenvalue weighted by Crippen LogP contribution is -2.31. The average molecular weight is 596 g/mol. The lowest BCUT2D eigenvalue weighted by Gasteiger charge is -2.21. The van der Waals surface area contributed by atoms with E-state index in [1.165, 1.54) is 12.1 Å². The number of H-pyrrole nitrogens is 1. The fraction of sp³-hybridized carbons (Fsp3) is 0.152. The molecule has 1 heterocycles. The molecular weight excluding hydrogens is 562 g/mol. The highest BCUT2D eigenvalue weighted by atomic mass is 32.2. The number of nitrogens with one attached hydrogen (secondary N) is 3. The number of aromatic nitrogens is 1. The third-order valence-corrected chi connectivity index (χ3v) is 8.34. The van der Waals surface area contributed by atoms with Crippen molar-refractivity contribution in [1.82, 2.24) is 10.3 Å². The van der Waals surface area contributed by atoms with Crippen LogP contribution in [0.1, 0.15) is 24.5 Å². The average Bonchev–Trinajstić information content (AvgIpc) is 3.34. The minimum atomic E-state index is -3.91. The summed E-state index contributed by atoms with van der Waals surface area (Å²) in [6.45, 7) is 2.93. The predicted molar refractivity (Wildman–Crippen MR) is 172 cm³/mol. The number of fused-ring (bicyclic) bond motifs is 1. The number of aromatic hydroxyl groups is 1. The zero-order chi connectivity index (χ0) is 30.4. The molecule has 0 fully saturated rings. The minimum absolute atomic E-state index is 0.0449. The molecule has 0 aliphatic rings. The van der Waals surface area contributed by atoms with Crippen LogP contribution in [0, 0.1) is 0 Å². The maximum absolute atomic E-state index is 13.3. The molecule has 1 aromatic heterocycles. The van der Waals surface area contributed by atoms with Crippen molar-refractivity contribution in [2.75, 3.05) is 29.8 Å². The maximum Gasteiger partial charge on any atom is 0.261 e. The molecule has 5 aromatic rings. The van der Waals surface area contributed by atoms with Crippen molar-refractivity contribution >= 4 is 49.6 Å². The monoisotopic (exact) mass is 595 g/mol. The summed E-state index contributed by atoms with van der Waals surface area (Å²) in [7, 11) is -2.03. The van der Waals surface area contributed by atoms with Gasteiger partial charge in [0.15, 0.2) is 5.88 Å². The number of benzene rings is 4. The number of anilines is 2. The van der Waals surface area contributed by atoms with Crippen molar-refractivity contribution in [3.8, 4) is 5.88 Å². The molecule has 0 bridgehead atoms. The van der Waals surface area contributed by atoms with Gasteiger partial charge in [-0.25, -0.2) is 13.4 Å². The van der Waals surface area contributed by atoms with Crippen LogP contribution in [0.2, 0.25) is 0 Å². The first kappa shape index (κ1) is 29.6. The van der Waals surface area contributed by atoms with Gasteiger partial charge in [-0.2, -0.15) is 0 Å². The summed E-state index contributed by atoms with van der Waals surface area (Å²) in [4.78, 5) is 22.0. The molecule has 0 spiro atoms. The Balaban J connectivity index is 1.57. The number of para-hydroxylation sites is 1. The second kappa shape index (κ2) is 12.9. The van der Waals surface area contributed by atoms with Gasteiger partial charge in [-0.3, -0.25) is 9.52 Å². The second-order valence-corrected chi connectivity index (χ2v) is 11.7. The Kier molecular flexibility index (Phi) is 8.89. The number of hydrogen-bond acceptors (Lipinski definition) is 6. The fourth-order valence-electron chi connectivity index (χ4n) is 4.86. The number of amides is 1. The molecule has 0 atom stereocenters. The highest BCUT2D eigenvalue weighted by Gasteiger charge is 2.22. The molecule has 220 valence electrons. The minimum Gasteiger partial charge on any atom is -0.494 e. The molecule has 4 N–H and O–H groups in total. The largest absolute Gasteiger partial charge is 0.494 e. The molecule has 0 aliphatic heterocycles. The van der Waals surface area contributed by atoms with Crippen molar-refractivity contribution in [3.63, 3.8) is 0 Å². The molecular formula is C33H33N5O4S. The summed E-state index contributed by atoms with van der Waals surface area (Å²) >= 11 is 0. The smallest absolute Gasteiger partial charge is 0.261 e. The van der Waals surface area contributed by atoms with Crippen LogP contribution in [-0.2, 0) is 14.8 Å². The maximum atomic E-state index is 13.3. The van der Waals surface area contributed by atoms with Gasteiger partial charge in [0.1, 0.15) is 0 Å². The fourth-order valence-corrected chi connectivity index (χ4v) is 5.95. The third-order valence-electron chi connectivity index (χ3n) is 6.96. The van der Waals surface area contributed by atoms with Gasteiger partial charge in [0.25, 0.3) is 10.0 Å². The molecule has 0 unspecified atom stereocenters. The summed E-state index contributed by atoms with van der Waals surface area (Å²) < 4.78 is 29.1. The molecule has 0 saturated heterocycles. The van der Waals surface area contributed by atoms with Crippen LogP contribution in [0.15, 0.2) is 113 Å². The molecule has 10 heteroatoms. The number of hydrogen-bond donors (Lipinski definition) is 4. The van der Waals surface area contributed by atoms with Gasteiger partial charge in [-0.05, 0) is 74.6 Å². The van der Waals surface area contributed by atoms with Crippen molar-refractivity contribution in [2.45, 2.75) is 18.2 Å². The van der Waals surface area contributed by atoms with E-state index in [-0.39, 0.29) is 16.7 Å². The topological polar surface area (TPSA) is 127 Å². The van der Waals surface area contributed by atoms with E-state index in [1.807, 2.05) is 61.6 Å². The zero-order valence-electron chi connectivity index (χ0n) is 23.9. The van der Waals surface area contributed by atoms with E-state index in [1.54, 1.807) is 48.2 Å². The van der Waals surface area contributed by atoms with Gasteiger partial charge in [-0.15, -0.1) is 0 Å². The van der Waals surface area contributed by atoms with Crippen LogP contribution in [-0.4, -0.2) is 50.3 Å². The standard InChI is InChI=1S/C33H33N5O4S/c1-23(39)38(21-9-20-34-2)27-16-14-25(15-17-27)35-32(24-10-5-3-6-11-24)31-29-22-28(18-19-30(29)36-33(31)40)43(41,42)37-26-12-7-4-8-13-26/h3-8,10-19,22,34,36-37,40H,9,20-21H2,1-2H3. The first-order valence-electron chi connectivity index (χ1n) is 13.9. The molecule has 1 amide bonds. The van der Waals surface area contributed by atoms with Gasteiger partial charge in [-0.1, -0.05) is 48.5 Å². The molecule has 0 saturated carbocycles. The van der Waals surface area contributed by atoms with Crippen LogP contribution in [0.4, 0.5) is 17.1 Å². The lowest BCUT2D eigenvalue weighted by atomic mass is 10.0. The van der Waals surface area contributed by atoms with E-state index >= 15 is 0 Å². The van der Waals surface area contributed by atoms with Gasteiger partial charge in [0.2, 0.25) is 5.91 Å². The number of nitrogens with zero attached hydrogens (tertiary/aromatic N) is 2. The summed E-state index contributed by atoms with van der Waals surface area (Å²) in [6, 6.07) is 30.0. The highest BCUT2D eigenvalue weighted by Crippen LogP contribution is 2.33. The molecule has 9 nitrogen and oxygen atoms in total. The summed E-state index contributed by atoms with van der Waals surface area (Å²) in [5.74, 6) is -0.180. The molecule has 4 aromatic carbocycles. The second-order valence-electron chi connectivity index (χ2n) is 10.00. The van der Waals surface area contributed by atoms with E-state index in [2.05, 4.69) is 15.0 Å². The Labute approximate surface area is 251 Å². The highest BCUT2D eigenvalue weighted by molar-refractivity contribution is 7.92. The van der Waals surface area contributed by atoms with E-state index in [0.29, 0.717) is 40.1 Å². The summed E-state index contributed by atoms with van der Waals surface area (Å²) in [6.07, 6.45) is 0.812. The molecule has 5 rings (SSSR count). The van der Waals surface area contributed by atoms with Gasteiger partial charge < -0.3 is 20.3 Å². The first-order valence-corrected chi connectivity index (χ1v) is 15.3. The zero-order valence-corrected chi connectivity index (χ0v) is 24.7.